The number of sulfonamides is 1. The highest BCUT2D eigenvalue weighted by Gasteiger charge is 2.24. The lowest BCUT2D eigenvalue weighted by Crippen LogP contribution is -2.21. The first-order chi connectivity index (χ1) is 12.8. The van der Waals surface area contributed by atoms with E-state index in [0.717, 1.165) is 17.8 Å². The summed E-state index contributed by atoms with van der Waals surface area (Å²) in [4.78, 5) is 28.3. The van der Waals surface area contributed by atoms with Gasteiger partial charge in [0.15, 0.2) is 5.13 Å². The minimum atomic E-state index is -3.87. The first-order valence-corrected chi connectivity index (χ1v) is 10.8. The Morgan fingerprint density at radius 3 is 2.85 bits per heavy atom. The van der Waals surface area contributed by atoms with Crippen LogP contribution in [0, 0.1) is 6.92 Å². The number of aromatic nitrogens is 1. The number of benzene rings is 1. The maximum absolute atomic E-state index is 12.7. The Kier molecular flexibility index (Phi) is 5.47. The van der Waals surface area contributed by atoms with Crippen LogP contribution in [0.2, 0.25) is 0 Å². The topological polar surface area (TPSA) is 117 Å². The van der Waals surface area contributed by atoms with E-state index in [0.29, 0.717) is 41.2 Å². The predicted octanol–water partition coefficient (Wildman–Crippen LogP) is 2.28. The molecule has 0 atom stereocenters. The van der Waals surface area contributed by atoms with E-state index >= 15 is 0 Å². The van der Waals surface area contributed by atoms with E-state index in [1.807, 2.05) is 0 Å². The molecule has 2 amide bonds. The van der Waals surface area contributed by atoms with Gasteiger partial charge < -0.3 is 10.6 Å². The molecule has 27 heavy (non-hydrogen) atoms. The van der Waals surface area contributed by atoms with Crippen LogP contribution in [0.3, 0.4) is 0 Å². The highest BCUT2D eigenvalue weighted by molar-refractivity contribution is 7.93. The van der Waals surface area contributed by atoms with Gasteiger partial charge in [-0.2, -0.15) is 0 Å². The van der Waals surface area contributed by atoms with Crippen LogP contribution in [0.4, 0.5) is 10.8 Å². The summed E-state index contributed by atoms with van der Waals surface area (Å²) in [5, 5.41) is 5.63. The standard InChI is InChI=1S/C17H20N4O4S2/c1-3-14(22)19-11-6-7-13(10(2)9-11)27(24,25)21-17-20-12-5-4-8-18-16(23)15(12)26-17/h6-7,9H,3-5,8H2,1-2H3,(H,18,23)(H,19,22)(H,20,21). The molecule has 3 N–H and O–H groups in total. The fraction of sp³-hybridized carbons (Fsp3) is 0.353. The van der Waals surface area contributed by atoms with Crippen LogP contribution in [0.15, 0.2) is 23.1 Å². The number of hydrogen-bond acceptors (Lipinski definition) is 6. The Balaban J connectivity index is 1.84. The molecule has 0 aliphatic carbocycles. The zero-order valence-electron chi connectivity index (χ0n) is 15.0. The molecule has 1 aromatic carbocycles. The van der Waals surface area contributed by atoms with Crippen LogP contribution in [0.25, 0.3) is 0 Å². The van der Waals surface area contributed by atoms with Crippen LogP contribution in [0.1, 0.15) is 40.7 Å². The third-order valence-electron chi connectivity index (χ3n) is 4.07. The lowest BCUT2D eigenvalue weighted by molar-refractivity contribution is -0.115. The Hall–Kier alpha value is -2.46. The number of hydrogen-bond donors (Lipinski definition) is 3. The largest absolute Gasteiger partial charge is 0.351 e. The highest BCUT2D eigenvalue weighted by Crippen LogP contribution is 2.28. The van der Waals surface area contributed by atoms with Gasteiger partial charge in [0.25, 0.3) is 15.9 Å². The van der Waals surface area contributed by atoms with Gasteiger partial charge in [0.2, 0.25) is 5.91 Å². The number of thiazole rings is 1. The first kappa shape index (κ1) is 19.3. The number of carbonyl (C=O) groups is 2. The molecule has 0 saturated carbocycles. The van der Waals surface area contributed by atoms with Crippen molar-refractivity contribution in [1.29, 1.82) is 0 Å². The number of nitrogens with zero attached hydrogens (tertiary/aromatic N) is 1. The SMILES string of the molecule is CCC(=O)Nc1ccc(S(=O)(=O)Nc2nc3c(s2)C(=O)NCCC3)c(C)c1. The Morgan fingerprint density at radius 2 is 2.15 bits per heavy atom. The van der Waals surface area contributed by atoms with Crippen LogP contribution < -0.4 is 15.4 Å². The van der Waals surface area contributed by atoms with E-state index in [2.05, 4.69) is 20.3 Å². The third-order valence-corrected chi connectivity index (χ3v) is 6.71. The summed E-state index contributed by atoms with van der Waals surface area (Å²) >= 11 is 1.03. The molecule has 1 aromatic heterocycles. The summed E-state index contributed by atoms with van der Waals surface area (Å²) < 4.78 is 27.9. The molecule has 0 spiro atoms. The lowest BCUT2D eigenvalue weighted by Gasteiger charge is -2.10. The second-order valence-corrected chi connectivity index (χ2v) is 8.79. The number of carbonyl (C=O) groups excluding carboxylic acids is 2. The number of rotatable bonds is 5. The fourth-order valence-corrected chi connectivity index (χ4v) is 5.12. The second kappa shape index (κ2) is 7.65. The molecule has 144 valence electrons. The highest BCUT2D eigenvalue weighted by atomic mass is 32.2. The van der Waals surface area contributed by atoms with Gasteiger partial charge in [-0.3, -0.25) is 14.3 Å². The summed E-state index contributed by atoms with van der Waals surface area (Å²) in [5.41, 5.74) is 1.64. The van der Waals surface area contributed by atoms with Crippen molar-refractivity contribution >= 4 is 44.0 Å². The molecule has 0 bridgehead atoms. The number of fused-ring (bicyclic) bond motifs is 1. The monoisotopic (exact) mass is 408 g/mol. The Morgan fingerprint density at radius 1 is 1.37 bits per heavy atom. The van der Waals surface area contributed by atoms with Gasteiger partial charge in [-0.1, -0.05) is 18.3 Å². The summed E-state index contributed by atoms with van der Waals surface area (Å²) in [6, 6.07) is 4.58. The maximum Gasteiger partial charge on any atom is 0.263 e. The Bertz CT molecular complexity index is 998. The molecule has 0 radical (unpaired) electrons. The molecule has 1 aliphatic heterocycles. The Labute approximate surface area is 161 Å². The maximum atomic E-state index is 12.7. The normalized spacial score (nSPS) is 14.1. The van der Waals surface area contributed by atoms with E-state index in [1.54, 1.807) is 26.0 Å². The van der Waals surface area contributed by atoms with Crippen molar-refractivity contribution in [2.75, 3.05) is 16.6 Å². The van der Waals surface area contributed by atoms with Crippen LogP contribution in [-0.2, 0) is 21.2 Å². The van der Waals surface area contributed by atoms with E-state index < -0.39 is 10.0 Å². The van der Waals surface area contributed by atoms with Crippen molar-refractivity contribution in [3.8, 4) is 0 Å². The van der Waals surface area contributed by atoms with Crippen molar-refractivity contribution in [2.45, 2.75) is 38.0 Å². The van der Waals surface area contributed by atoms with Crippen molar-refractivity contribution in [1.82, 2.24) is 10.3 Å². The van der Waals surface area contributed by atoms with E-state index in [4.69, 9.17) is 0 Å². The lowest BCUT2D eigenvalue weighted by atomic mass is 10.2. The fourth-order valence-electron chi connectivity index (χ4n) is 2.73. The zero-order chi connectivity index (χ0) is 19.6. The molecule has 8 nitrogen and oxygen atoms in total. The van der Waals surface area contributed by atoms with Crippen LogP contribution in [0.5, 0.6) is 0 Å². The second-order valence-electron chi connectivity index (χ2n) is 6.14. The van der Waals surface area contributed by atoms with Crippen molar-refractivity contribution < 1.29 is 18.0 Å². The molecule has 2 heterocycles. The van der Waals surface area contributed by atoms with Gasteiger partial charge in [-0.05, 0) is 43.5 Å². The number of anilines is 2. The van der Waals surface area contributed by atoms with E-state index in [-0.39, 0.29) is 21.8 Å². The van der Waals surface area contributed by atoms with Gasteiger partial charge in [0, 0.05) is 18.7 Å². The molecule has 10 heteroatoms. The zero-order valence-corrected chi connectivity index (χ0v) is 16.6. The van der Waals surface area contributed by atoms with E-state index in [9.17, 15) is 18.0 Å². The van der Waals surface area contributed by atoms with Gasteiger partial charge in [-0.15, -0.1) is 0 Å². The molecule has 1 aliphatic rings. The van der Waals surface area contributed by atoms with Crippen LogP contribution >= 0.6 is 11.3 Å². The van der Waals surface area contributed by atoms with Gasteiger partial charge in [0.05, 0.1) is 10.6 Å². The molecular formula is C17H20N4O4S2. The van der Waals surface area contributed by atoms with Crippen LogP contribution in [-0.4, -0.2) is 31.8 Å². The average molecular weight is 409 g/mol. The molecule has 3 rings (SSSR count). The summed E-state index contributed by atoms with van der Waals surface area (Å²) in [6.45, 7) is 3.98. The van der Waals surface area contributed by atoms with Crippen molar-refractivity contribution in [3.63, 3.8) is 0 Å². The molecule has 2 aromatic rings. The minimum absolute atomic E-state index is 0.0897. The average Bonchev–Trinajstić information content (AvgIpc) is 2.92. The number of amides is 2. The summed E-state index contributed by atoms with van der Waals surface area (Å²) in [6.07, 6.45) is 1.72. The molecule has 0 saturated heterocycles. The summed E-state index contributed by atoms with van der Waals surface area (Å²) in [5.74, 6) is -0.372. The van der Waals surface area contributed by atoms with Crippen molar-refractivity contribution in [2.24, 2.45) is 0 Å². The minimum Gasteiger partial charge on any atom is -0.351 e. The van der Waals surface area contributed by atoms with Gasteiger partial charge in [0.1, 0.15) is 4.88 Å². The van der Waals surface area contributed by atoms with E-state index in [1.165, 1.54) is 6.07 Å². The number of aryl methyl sites for hydroxylation is 2. The van der Waals surface area contributed by atoms with Crippen molar-refractivity contribution in [3.05, 3.63) is 34.3 Å². The van der Waals surface area contributed by atoms with Gasteiger partial charge in [-0.25, -0.2) is 13.4 Å². The third kappa shape index (κ3) is 4.28. The predicted molar refractivity (Wildman–Crippen MR) is 104 cm³/mol. The molecule has 0 fully saturated rings. The molecule has 0 unspecified atom stereocenters. The smallest absolute Gasteiger partial charge is 0.263 e. The molecular weight excluding hydrogens is 388 g/mol. The first-order valence-electron chi connectivity index (χ1n) is 8.51. The summed E-state index contributed by atoms with van der Waals surface area (Å²) in [7, 11) is -3.87. The van der Waals surface area contributed by atoms with Gasteiger partial charge >= 0.3 is 0 Å². The quantitative estimate of drug-likeness (QED) is 0.702. The number of nitrogens with one attached hydrogen (secondary N) is 3.